The van der Waals surface area contributed by atoms with E-state index in [-0.39, 0.29) is 38.1 Å². The Kier molecular flexibility index (Phi) is 11.6. The Morgan fingerprint density at radius 3 is 2.65 bits per heavy atom. The maximum atomic E-state index is 13.2. The number of ether oxygens (including phenoxy) is 2. The van der Waals surface area contributed by atoms with Crippen molar-refractivity contribution >= 4 is 11.8 Å². The molecular weight excluding hydrogens is 438 g/mol. The van der Waals surface area contributed by atoms with Gasteiger partial charge in [-0.15, -0.1) is 0 Å². The summed E-state index contributed by atoms with van der Waals surface area (Å²) in [5, 5.41) is 21.2. The van der Waals surface area contributed by atoms with Gasteiger partial charge in [0.1, 0.15) is 18.3 Å². The first kappa shape index (κ1) is 27.9. The van der Waals surface area contributed by atoms with Crippen LogP contribution >= 0.6 is 0 Å². The van der Waals surface area contributed by atoms with Gasteiger partial charge >= 0.3 is 0 Å². The quantitative estimate of drug-likeness (QED) is 0.617. The average Bonchev–Trinajstić information content (AvgIpc) is 2.79. The number of amides is 2. The zero-order chi connectivity index (χ0) is 25.1. The maximum Gasteiger partial charge on any atom is 0.254 e. The van der Waals surface area contributed by atoms with Crippen LogP contribution in [0.25, 0.3) is 0 Å². The zero-order valence-electron chi connectivity index (χ0n) is 20.7. The van der Waals surface area contributed by atoms with Gasteiger partial charge < -0.3 is 29.5 Å². The summed E-state index contributed by atoms with van der Waals surface area (Å²) in [4.78, 5) is 32.9. The van der Waals surface area contributed by atoms with Gasteiger partial charge in [0.15, 0.2) is 0 Å². The third-order valence-electron chi connectivity index (χ3n) is 5.71. The van der Waals surface area contributed by atoms with Gasteiger partial charge in [-0.2, -0.15) is 0 Å². The number of aliphatic hydroxyl groups is 2. The Balaban J connectivity index is 2.23. The molecule has 1 aromatic rings. The lowest BCUT2D eigenvalue weighted by Gasteiger charge is -2.33. The molecule has 0 spiro atoms. The molecule has 0 saturated heterocycles. The van der Waals surface area contributed by atoms with Crippen molar-refractivity contribution in [3.8, 4) is 0 Å². The fourth-order valence-corrected chi connectivity index (χ4v) is 3.56. The van der Waals surface area contributed by atoms with Crippen molar-refractivity contribution in [2.24, 2.45) is 5.92 Å². The van der Waals surface area contributed by atoms with Crippen molar-refractivity contribution < 1.29 is 29.3 Å². The van der Waals surface area contributed by atoms with Crippen LogP contribution in [0.1, 0.15) is 43.2 Å². The largest absolute Gasteiger partial charge is 0.388 e. The second kappa shape index (κ2) is 14.2. The lowest BCUT2D eigenvalue weighted by atomic mass is 10.1. The zero-order valence-corrected chi connectivity index (χ0v) is 20.7. The highest BCUT2D eigenvalue weighted by molar-refractivity contribution is 5.94. The van der Waals surface area contributed by atoms with Crippen molar-refractivity contribution in [2.75, 3.05) is 46.0 Å². The Bertz CT molecular complexity index is 816. The van der Waals surface area contributed by atoms with E-state index in [0.717, 1.165) is 12.1 Å². The highest BCUT2D eigenvalue weighted by Crippen LogP contribution is 2.13. The van der Waals surface area contributed by atoms with Crippen molar-refractivity contribution in [3.63, 3.8) is 0 Å². The monoisotopic (exact) mass is 477 g/mol. The molecule has 34 heavy (non-hydrogen) atoms. The first-order valence-electron chi connectivity index (χ1n) is 11.9. The molecule has 2 N–H and O–H groups in total. The second-order valence-corrected chi connectivity index (χ2v) is 9.06. The van der Waals surface area contributed by atoms with Crippen LogP contribution in [0.3, 0.4) is 0 Å². The normalized spacial score (nSPS) is 24.0. The van der Waals surface area contributed by atoms with Crippen LogP contribution in [0.4, 0.5) is 0 Å². The first-order chi connectivity index (χ1) is 16.2. The summed E-state index contributed by atoms with van der Waals surface area (Å²) in [6.45, 7) is 8.96. The fourth-order valence-electron chi connectivity index (χ4n) is 3.56. The lowest BCUT2D eigenvalue weighted by molar-refractivity contribution is -0.139. The summed E-state index contributed by atoms with van der Waals surface area (Å²) >= 11 is 0. The van der Waals surface area contributed by atoms with Crippen LogP contribution in [0.2, 0.25) is 0 Å². The highest BCUT2D eigenvalue weighted by Gasteiger charge is 2.30. The van der Waals surface area contributed by atoms with E-state index in [2.05, 4.69) is 18.8 Å². The number of aliphatic hydroxyl groups excluding tert-OH is 2. The molecule has 2 rings (SSSR count). The SMILES string of the molecule is CC(=O)N1CCN(C(=O)c2ccnc(C)c2)C/C=C/COC[C@@H](O)[C@@H](O)[C@H](OCCC(C)C)C1. The van der Waals surface area contributed by atoms with Crippen LogP contribution in [-0.4, -0.2) is 101 Å². The van der Waals surface area contributed by atoms with Gasteiger partial charge in [0, 0.05) is 57.2 Å². The Labute approximate surface area is 202 Å². The van der Waals surface area contributed by atoms with Crippen LogP contribution in [-0.2, 0) is 14.3 Å². The van der Waals surface area contributed by atoms with Gasteiger partial charge in [-0.25, -0.2) is 0 Å². The number of aryl methyl sites for hydroxylation is 1. The van der Waals surface area contributed by atoms with Gasteiger partial charge in [0.25, 0.3) is 5.91 Å². The molecule has 1 aromatic heterocycles. The molecule has 0 bridgehead atoms. The summed E-state index contributed by atoms with van der Waals surface area (Å²) in [5.41, 5.74) is 1.28. The molecule has 9 nitrogen and oxygen atoms in total. The van der Waals surface area contributed by atoms with E-state index in [4.69, 9.17) is 9.47 Å². The number of rotatable bonds is 5. The highest BCUT2D eigenvalue weighted by atomic mass is 16.5. The molecule has 190 valence electrons. The smallest absolute Gasteiger partial charge is 0.254 e. The van der Waals surface area contributed by atoms with Crippen LogP contribution in [0.15, 0.2) is 30.5 Å². The fraction of sp³-hybridized carbons (Fsp3) is 0.640. The van der Waals surface area contributed by atoms with Crippen molar-refractivity contribution in [2.45, 2.75) is 52.4 Å². The summed E-state index contributed by atoms with van der Waals surface area (Å²) < 4.78 is 11.4. The van der Waals surface area contributed by atoms with Gasteiger partial charge in [-0.05, 0) is 31.4 Å². The summed E-state index contributed by atoms with van der Waals surface area (Å²) in [7, 11) is 0. The van der Waals surface area contributed by atoms with E-state index in [1.165, 1.54) is 6.92 Å². The van der Waals surface area contributed by atoms with Gasteiger partial charge in [0.05, 0.1) is 13.2 Å². The molecule has 0 aromatic carbocycles. The topological polar surface area (TPSA) is 112 Å². The summed E-state index contributed by atoms with van der Waals surface area (Å²) in [6, 6.07) is 3.41. The molecule has 1 aliphatic heterocycles. The van der Waals surface area contributed by atoms with E-state index in [1.807, 2.05) is 13.0 Å². The molecule has 0 aliphatic carbocycles. The molecule has 0 unspecified atom stereocenters. The standard InChI is InChI=1S/C25H39N3O6/c1-18(2)8-14-34-23-16-28(20(4)29)12-11-27(25(32)21-7-9-26-19(3)15-21)10-5-6-13-33-17-22(30)24(23)31/h5-7,9,15,18,22-24,30-31H,8,10-14,16-17H2,1-4H3/b6-5+/t22-,23-,24-/m1/s1. The number of aromatic nitrogens is 1. The summed E-state index contributed by atoms with van der Waals surface area (Å²) in [6.07, 6.45) is 2.81. The minimum atomic E-state index is -1.22. The molecular formula is C25H39N3O6. The predicted octanol–water partition coefficient (Wildman–Crippen LogP) is 1.42. The van der Waals surface area contributed by atoms with Gasteiger partial charge in [0.2, 0.25) is 5.91 Å². The molecule has 3 atom stereocenters. The number of pyridine rings is 1. The number of hydrogen-bond donors (Lipinski definition) is 2. The minimum absolute atomic E-state index is 0.0748. The molecule has 0 fully saturated rings. The molecule has 9 heteroatoms. The van der Waals surface area contributed by atoms with Crippen LogP contribution in [0.5, 0.6) is 0 Å². The van der Waals surface area contributed by atoms with E-state index >= 15 is 0 Å². The van der Waals surface area contributed by atoms with E-state index in [9.17, 15) is 19.8 Å². The van der Waals surface area contributed by atoms with Gasteiger partial charge in [-0.1, -0.05) is 26.0 Å². The first-order valence-corrected chi connectivity index (χ1v) is 11.9. The van der Waals surface area contributed by atoms with E-state index in [1.54, 1.807) is 34.2 Å². The third kappa shape index (κ3) is 9.13. The van der Waals surface area contributed by atoms with E-state index < -0.39 is 18.3 Å². The lowest BCUT2D eigenvalue weighted by Crippen LogP contribution is -2.50. The minimum Gasteiger partial charge on any atom is -0.388 e. The number of carbonyl (C=O) groups excluding carboxylic acids is 2. The number of carbonyl (C=O) groups is 2. The van der Waals surface area contributed by atoms with Crippen LogP contribution in [0, 0.1) is 12.8 Å². The van der Waals surface area contributed by atoms with Gasteiger partial charge in [-0.3, -0.25) is 14.6 Å². The van der Waals surface area contributed by atoms with Crippen LogP contribution < -0.4 is 0 Å². The number of nitrogens with zero attached hydrogens (tertiary/aromatic N) is 3. The molecule has 2 amide bonds. The Morgan fingerprint density at radius 2 is 1.97 bits per heavy atom. The van der Waals surface area contributed by atoms with Crippen molar-refractivity contribution in [1.82, 2.24) is 14.8 Å². The summed E-state index contributed by atoms with van der Waals surface area (Å²) in [5.74, 6) is 0.0491. The third-order valence-corrected chi connectivity index (χ3v) is 5.71. The molecule has 0 radical (unpaired) electrons. The number of hydrogen-bond acceptors (Lipinski definition) is 7. The second-order valence-electron chi connectivity index (χ2n) is 9.06. The predicted molar refractivity (Wildman–Crippen MR) is 128 cm³/mol. The van der Waals surface area contributed by atoms with E-state index in [0.29, 0.717) is 31.2 Å². The Hall–Kier alpha value is -2.33. The molecule has 0 saturated carbocycles. The molecule has 2 heterocycles. The van der Waals surface area contributed by atoms with Crippen molar-refractivity contribution in [3.05, 3.63) is 41.7 Å². The Morgan fingerprint density at radius 1 is 1.24 bits per heavy atom. The van der Waals surface area contributed by atoms with Crippen molar-refractivity contribution in [1.29, 1.82) is 0 Å². The molecule has 1 aliphatic rings. The maximum absolute atomic E-state index is 13.2. The average molecular weight is 478 g/mol.